The SMILES string of the molecule is Cc1cc(C(=O)NNC(=O)c2nc3nccc(C)n3n2)c(C)o1. The summed E-state index contributed by atoms with van der Waals surface area (Å²) in [4.78, 5) is 32.0. The van der Waals surface area contributed by atoms with Crippen molar-refractivity contribution in [3.8, 4) is 0 Å². The largest absolute Gasteiger partial charge is 0.466 e. The molecule has 0 saturated carbocycles. The van der Waals surface area contributed by atoms with Crippen molar-refractivity contribution in [1.29, 1.82) is 0 Å². The van der Waals surface area contributed by atoms with Gasteiger partial charge in [0.05, 0.1) is 5.56 Å². The smallest absolute Gasteiger partial charge is 0.309 e. The van der Waals surface area contributed by atoms with E-state index in [1.807, 2.05) is 6.92 Å². The molecule has 2 amide bonds. The fourth-order valence-corrected chi connectivity index (χ4v) is 2.10. The van der Waals surface area contributed by atoms with E-state index in [1.54, 1.807) is 32.2 Å². The molecule has 0 radical (unpaired) electrons. The first kappa shape index (κ1) is 14.7. The second-order valence-corrected chi connectivity index (χ2v) is 4.97. The number of carbonyl (C=O) groups is 2. The maximum atomic E-state index is 12.0. The molecule has 118 valence electrons. The lowest BCUT2D eigenvalue weighted by molar-refractivity contribution is 0.0840. The molecule has 0 aliphatic heterocycles. The second-order valence-electron chi connectivity index (χ2n) is 4.97. The van der Waals surface area contributed by atoms with Crippen LogP contribution in [0.3, 0.4) is 0 Å². The van der Waals surface area contributed by atoms with E-state index >= 15 is 0 Å². The molecule has 2 N–H and O–H groups in total. The van der Waals surface area contributed by atoms with Gasteiger partial charge in [-0.05, 0) is 32.9 Å². The van der Waals surface area contributed by atoms with Gasteiger partial charge in [-0.1, -0.05) is 0 Å². The Labute approximate surface area is 130 Å². The van der Waals surface area contributed by atoms with Gasteiger partial charge in [0.1, 0.15) is 11.5 Å². The van der Waals surface area contributed by atoms with Gasteiger partial charge in [-0.15, -0.1) is 5.10 Å². The highest BCUT2D eigenvalue weighted by molar-refractivity contribution is 5.98. The highest BCUT2D eigenvalue weighted by atomic mass is 16.3. The quantitative estimate of drug-likeness (QED) is 0.674. The van der Waals surface area contributed by atoms with E-state index in [2.05, 4.69) is 25.9 Å². The van der Waals surface area contributed by atoms with Crippen LogP contribution in [0.15, 0.2) is 22.7 Å². The predicted molar refractivity (Wildman–Crippen MR) is 78.6 cm³/mol. The van der Waals surface area contributed by atoms with Crippen LogP contribution >= 0.6 is 0 Å². The van der Waals surface area contributed by atoms with E-state index in [9.17, 15) is 9.59 Å². The minimum atomic E-state index is -0.638. The maximum absolute atomic E-state index is 12.0. The molecule has 0 saturated heterocycles. The topological polar surface area (TPSA) is 114 Å². The van der Waals surface area contributed by atoms with Crippen LogP contribution < -0.4 is 10.9 Å². The van der Waals surface area contributed by atoms with Crippen LogP contribution in [0.2, 0.25) is 0 Å². The molecule has 0 unspecified atom stereocenters. The van der Waals surface area contributed by atoms with Gasteiger partial charge in [0, 0.05) is 11.9 Å². The fourth-order valence-electron chi connectivity index (χ4n) is 2.10. The van der Waals surface area contributed by atoms with E-state index < -0.39 is 11.8 Å². The minimum Gasteiger partial charge on any atom is -0.466 e. The summed E-state index contributed by atoms with van der Waals surface area (Å²) in [6, 6.07) is 3.34. The maximum Gasteiger partial charge on any atom is 0.309 e. The number of fused-ring (bicyclic) bond motifs is 1. The highest BCUT2D eigenvalue weighted by Gasteiger charge is 2.17. The van der Waals surface area contributed by atoms with Gasteiger partial charge in [-0.25, -0.2) is 9.50 Å². The summed E-state index contributed by atoms with van der Waals surface area (Å²) in [6.45, 7) is 5.22. The number of aromatic nitrogens is 4. The zero-order valence-electron chi connectivity index (χ0n) is 12.7. The molecule has 3 aromatic heterocycles. The van der Waals surface area contributed by atoms with Crippen molar-refractivity contribution in [2.45, 2.75) is 20.8 Å². The van der Waals surface area contributed by atoms with Crippen LogP contribution in [-0.4, -0.2) is 31.4 Å². The molecule has 0 spiro atoms. The minimum absolute atomic E-state index is 0.0906. The number of hydrogen-bond donors (Lipinski definition) is 2. The van der Waals surface area contributed by atoms with E-state index in [1.165, 1.54) is 4.52 Å². The molecular formula is C14H14N6O3. The molecule has 0 atom stereocenters. The van der Waals surface area contributed by atoms with Crippen molar-refractivity contribution < 1.29 is 14.0 Å². The lowest BCUT2D eigenvalue weighted by Crippen LogP contribution is -2.42. The molecular weight excluding hydrogens is 300 g/mol. The molecule has 0 aliphatic rings. The lowest BCUT2D eigenvalue weighted by Gasteiger charge is -2.04. The summed E-state index contributed by atoms with van der Waals surface area (Å²) >= 11 is 0. The van der Waals surface area contributed by atoms with E-state index in [-0.39, 0.29) is 5.82 Å². The average molecular weight is 314 g/mol. The van der Waals surface area contributed by atoms with Gasteiger partial charge in [0.25, 0.3) is 11.7 Å². The molecule has 3 heterocycles. The Kier molecular flexibility index (Phi) is 3.53. The number of rotatable bonds is 2. The zero-order valence-corrected chi connectivity index (χ0v) is 12.7. The molecule has 23 heavy (non-hydrogen) atoms. The molecule has 3 aromatic rings. The highest BCUT2D eigenvalue weighted by Crippen LogP contribution is 2.12. The standard InChI is InChI=1S/C14H14N6O3/c1-7-4-5-15-14-16-11(19-20(7)14)13(22)18-17-12(21)10-6-8(2)23-9(10)3/h4-6H,1-3H3,(H,17,21)(H,18,22). The lowest BCUT2D eigenvalue weighted by atomic mass is 10.2. The van der Waals surface area contributed by atoms with Gasteiger partial charge in [-0.2, -0.15) is 4.98 Å². The first-order valence-corrected chi connectivity index (χ1v) is 6.82. The molecule has 9 nitrogen and oxygen atoms in total. The summed E-state index contributed by atoms with van der Waals surface area (Å²) in [6.07, 6.45) is 1.58. The van der Waals surface area contributed by atoms with Crippen LogP contribution in [-0.2, 0) is 0 Å². The normalized spacial score (nSPS) is 10.7. The van der Waals surface area contributed by atoms with Crippen molar-refractivity contribution in [3.63, 3.8) is 0 Å². The Bertz CT molecular complexity index is 911. The van der Waals surface area contributed by atoms with Crippen molar-refractivity contribution >= 4 is 17.6 Å². The number of nitrogens with one attached hydrogen (secondary N) is 2. The van der Waals surface area contributed by atoms with Gasteiger partial charge in [0.15, 0.2) is 0 Å². The molecule has 0 aliphatic carbocycles. The number of nitrogens with zero attached hydrogens (tertiary/aromatic N) is 4. The number of amides is 2. The van der Waals surface area contributed by atoms with Gasteiger partial charge < -0.3 is 4.42 Å². The van der Waals surface area contributed by atoms with Crippen LogP contribution in [0, 0.1) is 20.8 Å². The monoisotopic (exact) mass is 314 g/mol. The van der Waals surface area contributed by atoms with Crippen molar-refractivity contribution in [1.82, 2.24) is 30.4 Å². The van der Waals surface area contributed by atoms with Crippen molar-refractivity contribution in [2.75, 3.05) is 0 Å². The van der Waals surface area contributed by atoms with Crippen molar-refractivity contribution in [2.24, 2.45) is 0 Å². The van der Waals surface area contributed by atoms with Crippen molar-refractivity contribution in [3.05, 3.63) is 46.9 Å². The third-order valence-corrected chi connectivity index (χ3v) is 3.21. The Hall–Kier alpha value is -3.23. The third kappa shape index (κ3) is 2.76. The molecule has 0 bridgehead atoms. The zero-order chi connectivity index (χ0) is 16.6. The molecule has 3 rings (SSSR count). The van der Waals surface area contributed by atoms with Gasteiger partial charge in [-0.3, -0.25) is 20.4 Å². The number of hydrazine groups is 1. The van der Waals surface area contributed by atoms with Crippen LogP contribution in [0.1, 0.15) is 38.2 Å². The van der Waals surface area contributed by atoms with E-state index in [4.69, 9.17) is 4.42 Å². The summed E-state index contributed by atoms with van der Waals surface area (Å²) in [5.41, 5.74) is 5.71. The first-order chi connectivity index (χ1) is 11.0. The Morgan fingerprint density at radius 1 is 1.17 bits per heavy atom. The number of hydrogen-bond acceptors (Lipinski definition) is 6. The summed E-state index contributed by atoms with van der Waals surface area (Å²) < 4.78 is 6.72. The Morgan fingerprint density at radius 3 is 2.57 bits per heavy atom. The Balaban J connectivity index is 1.72. The number of carbonyl (C=O) groups excluding carboxylic acids is 2. The van der Waals surface area contributed by atoms with Gasteiger partial charge >= 0.3 is 5.91 Å². The third-order valence-electron chi connectivity index (χ3n) is 3.21. The molecule has 0 aromatic carbocycles. The number of furan rings is 1. The van der Waals surface area contributed by atoms with Crippen LogP contribution in [0.25, 0.3) is 5.78 Å². The van der Waals surface area contributed by atoms with Crippen LogP contribution in [0.4, 0.5) is 0 Å². The molecule has 0 fully saturated rings. The van der Waals surface area contributed by atoms with E-state index in [0.717, 1.165) is 5.69 Å². The summed E-state index contributed by atoms with van der Waals surface area (Å²) in [5.74, 6) is 0.185. The summed E-state index contributed by atoms with van der Waals surface area (Å²) in [7, 11) is 0. The van der Waals surface area contributed by atoms with Gasteiger partial charge in [0.2, 0.25) is 5.82 Å². The van der Waals surface area contributed by atoms with E-state index in [0.29, 0.717) is 22.9 Å². The number of aryl methyl sites for hydroxylation is 3. The average Bonchev–Trinajstić information content (AvgIpc) is 3.08. The summed E-state index contributed by atoms with van der Waals surface area (Å²) in [5, 5.41) is 4.05. The second kappa shape index (κ2) is 5.52. The first-order valence-electron chi connectivity index (χ1n) is 6.82. The Morgan fingerprint density at radius 2 is 1.91 bits per heavy atom. The molecule has 9 heteroatoms. The van der Waals surface area contributed by atoms with Crippen LogP contribution in [0.5, 0.6) is 0 Å². The fraction of sp³-hybridized carbons (Fsp3) is 0.214. The predicted octanol–water partition coefficient (Wildman–Crippen LogP) is 0.717.